The number of esters is 1. The predicted octanol–water partition coefficient (Wildman–Crippen LogP) is 4.71. The molecule has 0 bridgehead atoms. The van der Waals surface area contributed by atoms with E-state index in [9.17, 15) is 19.7 Å². The van der Waals surface area contributed by atoms with E-state index in [1.54, 1.807) is 5.38 Å². The average molecular weight is 425 g/mol. The highest BCUT2D eigenvalue weighted by Gasteiger charge is 2.20. The van der Waals surface area contributed by atoms with Crippen molar-refractivity contribution in [2.45, 2.75) is 27.4 Å². The molecule has 0 spiro atoms. The van der Waals surface area contributed by atoms with Gasteiger partial charge in [-0.1, -0.05) is 17.7 Å². The lowest BCUT2D eigenvalue weighted by Crippen LogP contribution is -2.23. The van der Waals surface area contributed by atoms with E-state index in [2.05, 4.69) is 4.98 Å². The second-order valence-electron chi connectivity index (χ2n) is 6.65. The summed E-state index contributed by atoms with van der Waals surface area (Å²) in [6.07, 6.45) is 0. The summed E-state index contributed by atoms with van der Waals surface area (Å²) in [5.74, 6) is -0.789. The fraction of sp³-hybridized carbons (Fsp3) is 0.190. The van der Waals surface area contributed by atoms with Crippen LogP contribution in [0.15, 0.2) is 47.8 Å². The maximum Gasteiger partial charge on any atom is 0.338 e. The van der Waals surface area contributed by atoms with Crippen molar-refractivity contribution in [3.05, 3.63) is 80.3 Å². The van der Waals surface area contributed by atoms with Gasteiger partial charge in [0.2, 0.25) is 5.91 Å². The first-order chi connectivity index (χ1) is 14.3. The molecule has 0 aliphatic heterocycles. The number of carbonyl (C=O) groups is 2. The van der Waals surface area contributed by atoms with Crippen LogP contribution in [0.4, 0.5) is 16.5 Å². The predicted molar refractivity (Wildman–Crippen MR) is 113 cm³/mol. The van der Waals surface area contributed by atoms with Crippen LogP contribution in [0.25, 0.3) is 0 Å². The number of nitro groups is 1. The molecule has 0 aliphatic rings. The molecule has 0 fully saturated rings. The average Bonchev–Trinajstić information content (AvgIpc) is 3.16. The Morgan fingerprint density at radius 1 is 1.17 bits per heavy atom. The minimum Gasteiger partial charge on any atom is -0.456 e. The van der Waals surface area contributed by atoms with Gasteiger partial charge in [0.15, 0.2) is 5.13 Å². The maximum atomic E-state index is 12.3. The summed E-state index contributed by atoms with van der Waals surface area (Å²) < 4.78 is 5.25. The van der Waals surface area contributed by atoms with Crippen molar-refractivity contribution in [3.8, 4) is 0 Å². The molecule has 0 saturated carbocycles. The van der Waals surface area contributed by atoms with Crippen LogP contribution in [-0.4, -0.2) is 21.8 Å². The van der Waals surface area contributed by atoms with Gasteiger partial charge in [0.1, 0.15) is 6.61 Å². The number of nitrogens with zero attached hydrogens (tertiary/aromatic N) is 3. The van der Waals surface area contributed by atoms with Gasteiger partial charge in [-0.3, -0.25) is 19.8 Å². The molecule has 2 aromatic carbocycles. The fourth-order valence-electron chi connectivity index (χ4n) is 2.87. The Balaban J connectivity index is 1.72. The fourth-order valence-corrected chi connectivity index (χ4v) is 3.74. The molecule has 0 atom stereocenters. The van der Waals surface area contributed by atoms with E-state index in [0.717, 1.165) is 16.8 Å². The molecule has 1 amide bonds. The van der Waals surface area contributed by atoms with Gasteiger partial charge in [-0.25, -0.2) is 9.78 Å². The molecule has 9 heteroatoms. The highest BCUT2D eigenvalue weighted by Crippen LogP contribution is 2.32. The molecule has 0 aliphatic carbocycles. The zero-order valence-electron chi connectivity index (χ0n) is 16.6. The third kappa shape index (κ3) is 4.69. The number of aryl methyl sites for hydroxylation is 2. The Bertz CT molecular complexity index is 1110. The number of hydrogen-bond acceptors (Lipinski definition) is 7. The summed E-state index contributed by atoms with van der Waals surface area (Å²) in [5, 5.41) is 12.9. The maximum absolute atomic E-state index is 12.3. The van der Waals surface area contributed by atoms with E-state index in [1.165, 1.54) is 47.4 Å². The molecule has 0 unspecified atom stereocenters. The summed E-state index contributed by atoms with van der Waals surface area (Å²) in [6, 6.07) is 11.0. The van der Waals surface area contributed by atoms with Gasteiger partial charge in [-0.05, 0) is 37.6 Å². The van der Waals surface area contributed by atoms with Crippen molar-refractivity contribution in [3.63, 3.8) is 0 Å². The highest BCUT2D eigenvalue weighted by atomic mass is 32.1. The largest absolute Gasteiger partial charge is 0.456 e. The quantitative estimate of drug-likeness (QED) is 0.322. The Labute approximate surface area is 176 Å². The number of rotatable bonds is 6. The summed E-state index contributed by atoms with van der Waals surface area (Å²) >= 11 is 1.27. The molecule has 30 heavy (non-hydrogen) atoms. The molecule has 3 aromatic rings. The molecule has 8 nitrogen and oxygen atoms in total. The van der Waals surface area contributed by atoms with Gasteiger partial charge in [-0.2, -0.15) is 0 Å². The topological polar surface area (TPSA) is 103 Å². The van der Waals surface area contributed by atoms with Gasteiger partial charge in [0.05, 0.1) is 21.9 Å². The molecule has 1 aromatic heterocycles. The summed E-state index contributed by atoms with van der Waals surface area (Å²) in [6.45, 7) is 5.30. The second kappa shape index (κ2) is 8.83. The number of ether oxygens (including phenoxy) is 1. The van der Waals surface area contributed by atoms with Crippen LogP contribution >= 0.6 is 11.3 Å². The zero-order valence-corrected chi connectivity index (χ0v) is 17.4. The lowest BCUT2D eigenvalue weighted by molar-refractivity contribution is -0.384. The lowest BCUT2D eigenvalue weighted by atomic mass is 10.1. The number of hydrogen-bond donors (Lipinski definition) is 0. The normalized spacial score (nSPS) is 10.5. The third-order valence-electron chi connectivity index (χ3n) is 4.30. The van der Waals surface area contributed by atoms with Crippen molar-refractivity contribution in [1.82, 2.24) is 4.98 Å². The highest BCUT2D eigenvalue weighted by molar-refractivity contribution is 7.14. The molecular formula is C21H19N3O5S. The number of carbonyl (C=O) groups excluding carboxylic acids is 2. The first-order valence-corrected chi connectivity index (χ1v) is 9.88. The van der Waals surface area contributed by atoms with Crippen LogP contribution < -0.4 is 4.90 Å². The van der Waals surface area contributed by atoms with Crippen molar-refractivity contribution >= 4 is 39.7 Å². The summed E-state index contributed by atoms with van der Waals surface area (Å²) in [4.78, 5) is 40.6. The van der Waals surface area contributed by atoms with E-state index in [-0.39, 0.29) is 23.8 Å². The van der Waals surface area contributed by atoms with Crippen LogP contribution in [-0.2, 0) is 16.1 Å². The van der Waals surface area contributed by atoms with Crippen molar-refractivity contribution in [2.24, 2.45) is 0 Å². The molecular weight excluding hydrogens is 406 g/mol. The number of non-ortho nitro benzene ring substituents is 1. The minimum atomic E-state index is -0.614. The molecule has 1 heterocycles. The molecule has 0 N–H and O–H groups in total. The smallest absolute Gasteiger partial charge is 0.338 e. The number of aromatic nitrogens is 1. The Kier molecular flexibility index (Phi) is 6.22. The van der Waals surface area contributed by atoms with Crippen LogP contribution in [0.2, 0.25) is 0 Å². The van der Waals surface area contributed by atoms with Crippen molar-refractivity contribution in [2.75, 3.05) is 4.90 Å². The number of thiazole rings is 1. The SMILES string of the molecule is CC(=O)N(c1nc(COC(=O)c2ccc([N+](=O)[O-])cc2)cs1)c1ccc(C)cc1C. The number of nitro benzene ring substituents is 1. The number of amides is 1. The lowest BCUT2D eigenvalue weighted by Gasteiger charge is -2.20. The van der Waals surface area contributed by atoms with Gasteiger partial charge in [-0.15, -0.1) is 11.3 Å². The molecule has 154 valence electrons. The van der Waals surface area contributed by atoms with Gasteiger partial charge in [0.25, 0.3) is 5.69 Å². The second-order valence-corrected chi connectivity index (χ2v) is 7.48. The van der Waals surface area contributed by atoms with E-state index >= 15 is 0 Å². The minimum absolute atomic E-state index is 0.0784. The van der Waals surface area contributed by atoms with Crippen LogP contribution in [0, 0.1) is 24.0 Å². The van der Waals surface area contributed by atoms with Crippen LogP contribution in [0.3, 0.4) is 0 Å². The third-order valence-corrected chi connectivity index (χ3v) is 5.18. The van der Waals surface area contributed by atoms with Crippen molar-refractivity contribution < 1.29 is 19.2 Å². The Morgan fingerprint density at radius 2 is 1.87 bits per heavy atom. The standard InChI is InChI=1S/C21H19N3O5S/c1-13-4-9-19(14(2)10-13)23(15(3)25)21-22-17(12-30-21)11-29-20(26)16-5-7-18(8-6-16)24(27)28/h4-10,12H,11H2,1-3H3. The van der Waals surface area contributed by atoms with E-state index < -0.39 is 10.9 Å². The number of anilines is 2. The zero-order chi connectivity index (χ0) is 21.8. The van der Waals surface area contributed by atoms with Crippen LogP contribution in [0.5, 0.6) is 0 Å². The van der Waals surface area contributed by atoms with E-state index in [4.69, 9.17) is 4.74 Å². The van der Waals surface area contributed by atoms with Gasteiger partial charge < -0.3 is 4.74 Å². The van der Waals surface area contributed by atoms with E-state index in [1.807, 2.05) is 32.0 Å². The Morgan fingerprint density at radius 3 is 2.47 bits per heavy atom. The first kappa shape index (κ1) is 21.1. The van der Waals surface area contributed by atoms with Crippen LogP contribution in [0.1, 0.15) is 34.1 Å². The molecule has 0 saturated heterocycles. The summed E-state index contributed by atoms with van der Waals surface area (Å²) in [5.41, 5.74) is 3.39. The molecule has 0 radical (unpaired) electrons. The monoisotopic (exact) mass is 425 g/mol. The van der Waals surface area contributed by atoms with Crippen molar-refractivity contribution in [1.29, 1.82) is 0 Å². The van der Waals surface area contributed by atoms with Gasteiger partial charge >= 0.3 is 5.97 Å². The van der Waals surface area contributed by atoms with Gasteiger partial charge in [0, 0.05) is 24.4 Å². The Hall–Kier alpha value is -3.59. The first-order valence-electron chi connectivity index (χ1n) is 9.00. The molecule has 3 rings (SSSR count). The number of benzene rings is 2. The summed E-state index contributed by atoms with van der Waals surface area (Å²) in [7, 11) is 0. The van der Waals surface area contributed by atoms with E-state index in [0.29, 0.717) is 10.8 Å².